The van der Waals surface area contributed by atoms with E-state index in [-0.39, 0.29) is 18.7 Å². The molecule has 4 fully saturated rings. The first kappa shape index (κ1) is 27.2. The number of carbonyl (C=O) groups excluding carboxylic acids is 1. The number of hydrogen-bond acceptors (Lipinski definition) is 3. The molecule has 0 aromatic rings. The van der Waals surface area contributed by atoms with E-state index in [2.05, 4.69) is 41.2 Å². The Labute approximate surface area is 215 Å². The summed E-state index contributed by atoms with van der Waals surface area (Å²) in [5.74, 6) is 5.70. The molecule has 0 amide bonds. The van der Waals surface area contributed by atoms with Gasteiger partial charge in [0.2, 0.25) is 0 Å². The molecule has 3 nitrogen and oxygen atoms in total. The summed E-state index contributed by atoms with van der Waals surface area (Å²) in [7, 11) is 0. The van der Waals surface area contributed by atoms with Crippen LogP contribution >= 0.6 is 0 Å². The molecule has 0 aromatic heterocycles. The smallest absolute Gasteiger partial charge is 0.333 e. The minimum Gasteiger partial charge on any atom is -0.459 e. The second-order valence-electron chi connectivity index (χ2n) is 14.1. The van der Waals surface area contributed by atoms with Gasteiger partial charge in [-0.05, 0) is 110 Å². The Bertz CT molecular complexity index is 758. The van der Waals surface area contributed by atoms with E-state index in [0.717, 1.165) is 48.3 Å². The second-order valence-corrected chi connectivity index (χ2v) is 14.1. The highest BCUT2D eigenvalue weighted by Crippen LogP contribution is 2.68. The van der Waals surface area contributed by atoms with E-state index in [1.54, 1.807) is 0 Å². The van der Waals surface area contributed by atoms with Crippen LogP contribution in [0.1, 0.15) is 118 Å². The summed E-state index contributed by atoms with van der Waals surface area (Å²) in [6.07, 6.45) is 16.2. The maximum absolute atomic E-state index is 12.4. The van der Waals surface area contributed by atoms with Crippen molar-refractivity contribution in [2.45, 2.75) is 124 Å². The Morgan fingerprint density at radius 1 is 0.971 bits per heavy atom. The van der Waals surface area contributed by atoms with Gasteiger partial charge in [0.25, 0.3) is 0 Å². The lowest BCUT2D eigenvalue weighted by atomic mass is 9.44. The first-order valence-corrected chi connectivity index (χ1v) is 15.1. The largest absolute Gasteiger partial charge is 0.459 e. The molecule has 9 atom stereocenters. The van der Waals surface area contributed by atoms with Gasteiger partial charge in [-0.3, -0.25) is 0 Å². The maximum Gasteiger partial charge on any atom is 0.333 e. The fourth-order valence-corrected chi connectivity index (χ4v) is 9.82. The van der Waals surface area contributed by atoms with Crippen LogP contribution in [0.4, 0.5) is 0 Å². The van der Waals surface area contributed by atoms with Gasteiger partial charge in [-0.15, -0.1) is 0 Å². The molecule has 4 aliphatic carbocycles. The Balaban J connectivity index is 1.38. The molecule has 1 N–H and O–H groups in total. The zero-order valence-corrected chi connectivity index (χ0v) is 23.5. The Morgan fingerprint density at radius 2 is 1.69 bits per heavy atom. The number of hydrogen-bond donors (Lipinski definition) is 1. The summed E-state index contributed by atoms with van der Waals surface area (Å²) in [5, 5.41) is 9.11. The van der Waals surface area contributed by atoms with Crippen molar-refractivity contribution in [1.29, 1.82) is 0 Å². The third-order valence-electron chi connectivity index (χ3n) is 11.8. The molecule has 3 heteroatoms. The SMILES string of the molecule is C=C(CCO)C(=O)O[C@H]1CC[C@@]2(C)[C@@H](CC[C@@H]3[C@@H]2CC[C@]2(C)[C@@H]([C@H](C)CCCC(C)C)CC[C@@H]32)C1. The van der Waals surface area contributed by atoms with Crippen molar-refractivity contribution in [3.63, 3.8) is 0 Å². The Morgan fingerprint density at radius 3 is 2.40 bits per heavy atom. The zero-order chi connectivity index (χ0) is 25.4. The third-order valence-corrected chi connectivity index (χ3v) is 11.8. The van der Waals surface area contributed by atoms with Gasteiger partial charge >= 0.3 is 5.97 Å². The van der Waals surface area contributed by atoms with Crippen molar-refractivity contribution < 1.29 is 14.6 Å². The van der Waals surface area contributed by atoms with Gasteiger partial charge in [0.05, 0.1) is 0 Å². The van der Waals surface area contributed by atoms with Crippen molar-refractivity contribution in [1.82, 2.24) is 0 Å². The summed E-state index contributed by atoms with van der Waals surface area (Å²) in [5.41, 5.74) is 1.38. The van der Waals surface area contributed by atoms with E-state index in [4.69, 9.17) is 9.84 Å². The van der Waals surface area contributed by atoms with Crippen LogP contribution in [-0.4, -0.2) is 23.8 Å². The van der Waals surface area contributed by atoms with Crippen molar-refractivity contribution >= 4 is 5.97 Å². The second kappa shape index (κ2) is 10.9. The van der Waals surface area contributed by atoms with Crippen LogP contribution in [0.3, 0.4) is 0 Å². The first-order chi connectivity index (χ1) is 16.6. The van der Waals surface area contributed by atoms with E-state index >= 15 is 0 Å². The van der Waals surface area contributed by atoms with Gasteiger partial charge in [0.15, 0.2) is 0 Å². The fraction of sp³-hybridized carbons (Fsp3) is 0.906. The van der Waals surface area contributed by atoms with Crippen LogP contribution in [0.2, 0.25) is 0 Å². The summed E-state index contributed by atoms with van der Waals surface area (Å²) >= 11 is 0. The predicted molar refractivity (Wildman–Crippen MR) is 144 cm³/mol. The molecule has 4 aliphatic rings. The molecule has 0 unspecified atom stereocenters. The fourth-order valence-electron chi connectivity index (χ4n) is 9.82. The zero-order valence-electron chi connectivity index (χ0n) is 23.5. The first-order valence-electron chi connectivity index (χ1n) is 15.1. The molecule has 0 heterocycles. The number of fused-ring (bicyclic) bond motifs is 5. The Kier molecular flexibility index (Phi) is 8.46. The number of ether oxygens (including phenoxy) is 1. The number of aliphatic hydroxyl groups excluding tert-OH is 1. The highest BCUT2D eigenvalue weighted by atomic mass is 16.5. The van der Waals surface area contributed by atoms with E-state index < -0.39 is 0 Å². The number of aliphatic hydroxyl groups is 1. The van der Waals surface area contributed by atoms with Gasteiger partial charge in [-0.1, -0.05) is 60.5 Å². The average Bonchev–Trinajstić information content (AvgIpc) is 3.16. The van der Waals surface area contributed by atoms with Crippen LogP contribution in [0.15, 0.2) is 12.2 Å². The average molecular weight is 487 g/mol. The predicted octanol–water partition coefficient (Wildman–Crippen LogP) is 7.96. The van der Waals surface area contributed by atoms with Gasteiger partial charge in [-0.25, -0.2) is 4.79 Å². The van der Waals surface area contributed by atoms with Gasteiger partial charge in [0.1, 0.15) is 6.10 Å². The highest BCUT2D eigenvalue weighted by Gasteiger charge is 2.60. The van der Waals surface area contributed by atoms with E-state index in [9.17, 15) is 4.79 Å². The monoisotopic (exact) mass is 486 g/mol. The topological polar surface area (TPSA) is 46.5 Å². The van der Waals surface area contributed by atoms with E-state index in [0.29, 0.717) is 28.7 Å². The standard InChI is InChI=1S/C32H54O3/c1-21(2)8-7-9-22(3)27-12-13-28-26-11-10-24-20-25(35-30(34)23(4)16-19-33)14-17-31(24,5)29(26)15-18-32(27,28)6/h21-22,24-29,33H,4,7-20H2,1-3,5-6H3/t22-,24+,25+,26+,27-,28+,29+,31+,32-/m1/s1. The highest BCUT2D eigenvalue weighted by molar-refractivity contribution is 5.87. The molecule has 35 heavy (non-hydrogen) atoms. The van der Waals surface area contributed by atoms with Crippen molar-refractivity contribution in [2.24, 2.45) is 52.3 Å². The number of carbonyl (C=O) groups is 1. The quantitative estimate of drug-likeness (QED) is 0.266. The van der Waals surface area contributed by atoms with Crippen LogP contribution < -0.4 is 0 Å². The normalized spacial score (nSPS) is 41.6. The van der Waals surface area contributed by atoms with Gasteiger partial charge in [-0.2, -0.15) is 0 Å². The molecule has 4 saturated carbocycles. The number of rotatable bonds is 9. The lowest BCUT2D eigenvalue weighted by molar-refractivity contribution is -0.159. The minimum atomic E-state index is -0.297. The molecular weight excluding hydrogens is 432 g/mol. The van der Waals surface area contributed by atoms with Crippen molar-refractivity contribution in [3.05, 3.63) is 12.2 Å². The van der Waals surface area contributed by atoms with E-state index in [1.165, 1.54) is 64.2 Å². The minimum absolute atomic E-state index is 0.0315. The maximum atomic E-state index is 12.4. The summed E-state index contributed by atoms with van der Waals surface area (Å²) in [6, 6.07) is 0. The van der Waals surface area contributed by atoms with Crippen LogP contribution in [0.25, 0.3) is 0 Å². The van der Waals surface area contributed by atoms with Crippen molar-refractivity contribution in [2.75, 3.05) is 6.61 Å². The van der Waals surface area contributed by atoms with Crippen LogP contribution in [-0.2, 0) is 9.53 Å². The Hall–Kier alpha value is -0.830. The van der Waals surface area contributed by atoms with Gasteiger partial charge in [0, 0.05) is 18.6 Å². The lowest BCUT2D eigenvalue weighted by Gasteiger charge is -2.61. The summed E-state index contributed by atoms with van der Waals surface area (Å²) in [6.45, 7) is 16.3. The van der Waals surface area contributed by atoms with Crippen molar-refractivity contribution in [3.8, 4) is 0 Å². The lowest BCUT2D eigenvalue weighted by Crippen LogP contribution is -2.54. The summed E-state index contributed by atoms with van der Waals surface area (Å²) in [4.78, 5) is 12.4. The van der Waals surface area contributed by atoms with Gasteiger partial charge < -0.3 is 9.84 Å². The molecule has 4 rings (SSSR count). The molecule has 0 saturated heterocycles. The molecule has 0 bridgehead atoms. The van der Waals surface area contributed by atoms with Crippen LogP contribution in [0.5, 0.6) is 0 Å². The molecule has 0 aliphatic heterocycles. The van der Waals surface area contributed by atoms with Crippen LogP contribution in [0, 0.1) is 52.3 Å². The molecule has 0 spiro atoms. The number of esters is 1. The molecule has 0 aromatic carbocycles. The molecule has 0 radical (unpaired) electrons. The molecular formula is C32H54O3. The third kappa shape index (κ3) is 5.27. The summed E-state index contributed by atoms with van der Waals surface area (Å²) < 4.78 is 5.86. The molecule has 200 valence electrons. The van der Waals surface area contributed by atoms with E-state index in [1.807, 2.05) is 0 Å².